The Hall–Kier alpha value is -2.18. The zero-order chi connectivity index (χ0) is 55.0. The molecule has 0 aliphatic carbocycles. The number of aliphatic hydroxyl groups is 2. The highest BCUT2D eigenvalue weighted by atomic mass is 16.5. The van der Waals surface area contributed by atoms with Gasteiger partial charge in [0.2, 0.25) is 5.91 Å². The van der Waals surface area contributed by atoms with Crippen LogP contribution in [0.4, 0.5) is 0 Å². The largest absolute Gasteiger partial charge is 0.466 e. The number of hydrogen-bond acceptors (Lipinski definition) is 5. The molecule has 0 aliphatic heterocycles. The summed E-state index contributed by atoms with van der Waals surface area (Å²) in [6.07, 6.45) is 84.6. The number of aliphatic hydroxyl groups excluding tert-OH is 2. The van der Waals surface area contributed by atoms with Crippen LogP contribution in [0.2, 0.25) is 0 Å². The fourth-order valence-corrected chi connectivity index (χ4v) is 10.4. The molecule has 0 aromatic heterocycles. The van der Waals surface area contributed by atoms with Crippen molar-refractivity contribution in [3.05, 3.63) is 48.6 Å². The number of hydrogen-bond donors (Lipinski definition) is 3. The molecule has 0 rings (SSSR count). The number of esters is 1. The third-order valence-electron chi connectivity index (χ3n) is 15.6. The van der Waals surface area contributed by atoms with Gasteiger partial charge in [0.1, 0.15) is 0 Å². The lowest BCUT2D eigenvalue weighted by atomic mass is 10.0. The minimum absolute atomic E-state index is 0.0000679. The first-order valence-electron chi connectivity index (χ1n) is 33.9. The molecule has 0 spiro atoms. The van der Waals surface area contributed by atoms with E-state index < -0.39 is 12.1 Å². The molecule has 0 aliphatic rings. The van der Waals surface area contributed by atoms with Crippen LogP contribution in [0.15, 0.2) is 48.6 Å². The Morgan fingerprint density at radius 2 is 0.658 bits per heavy atom. The average molecular weight is 1070 g/mol. The second-order valence-electron chi connectivity index (χ2n) is 23.1. The highest BCUT2D eigenvalue weighted by molar-refractivity contribution is 5.76. The molecule has 0 saturated carbocycles. The summed E-state index contributed by atoms with van der Waals surface area (Å²) in [5.74, 6) is -0.0685. The van der Waals surface area contributed by atoms with Crippen molar-refractivity contribution in [1.82, 2.24) is 5.32 Å². The van der Waals surface area contributed by atoms with Gasteiger partial charge in [0, 0.05) is 12.8 Å². The van der Waals surface area contributed by atoms with Gasteiger partial charge in [-0.15, -0.1) is 0 Å². The Kier molecular flexibility index (Phi) is 63.5. The quantitative estimate of drug-likeness (QED) is 0.0320. The summed E-state index contributed by atoms with van der Waals surface area (Å²) in [5, 5.41) is 23.2. The van der Waals surface area contributed by atoms with Gasteiger partial charge < -0.3 is 20.3 Å². The molecule has 1 amide bonds. The zero-order valence-corrected chi connectivity index (χ0v) is 51.0. The number of ether oxygens (including phenoxy) is 1. The molecular formula is C70H131NO5. The molecule has 76 heavy (non-hydrogen) atoms. The molecule has 0 bridgehead atoms. The molecule has 0 radical (unpaired) electrons. The predicted octanol–water partition coefficient (Wildman–Crippen LogP) is 21.7. The lowest BCUT2D eigenvalue weighted by Gasteiger charge is -2.20. The minimum atomic E-state index is -0.848. The Morgan fingerprint density at radius 1 is 0.368 bits per heavy atom. The van der Waals surface area contributed by atoms with Gasteiger partial charge in [0.25, 0.3) is 0 Å². The van der Waals surface area contributed by atoms with Crippen LogP contribution in [0, 0.1) is 0 Å². The van der Waals surface area contributed by atoms with E-state index in [1.54, 1.807) is 6.08 Å². The van der Waals surface area contributed by atoms with E-state index in [1.165, 1.54) is 283 Å². The first kappa shape index (κ1) is 73.8. The maximum absolute atomic E-state index is 12.5. The summed E-state index contributed by atoms with van der Waals surface area (Å²) in [6.45, 7) is 4.90. The molecule has 2 unspecified atom stereocenters. The van der Waals surface area contributed by atoms with Crippen molar-refractivity contribution in [2.45, 2.75) is 373 Å². The number of rotatable bonds is 63. The average Bonchev–Trinajstić information content (AvgIpc) is 3.42. The third-order valence-corrected chi connectivity index (χ3v) is 15.6. The molecule has 446 valence electrons. The zero-order valence-electron chi connectivity index (χ0n) is 51.0. The minimum Gasteiger partial charge on any atom is -0.466 e. The van der Waals surface area contributed by atoms with Crippen LogP contribution in [-0.4, -0.2) is 47.4 Å². The molecule has 0 fully saturated rings. The second kappa shape index (κ2) is 65.3. The highest BCUT2D eigenvalue weighted by Crippen LogP contribution is 2.17. The van der Waals surface area contributed by atoms with Crippen LogP contribution in [0.5, 0.6) is 0 Å². The molecule has 3 N–H and O–H groups in total. The molecule has 0 saturated heterocycles. The van der Waals surface area contributed by atoms with Crippen LogP contribution in [0.3, 0.4) is 0 Å². The van der Waals surface area contributed by atoms with E-state index in [2.05, 4.69) is 55.6 Å². The monoisotopic (exact) mass is 1070 g/mol. The van der Waals surface area contributed by atoms with Crippen molar-refractivity contribution in [2.75, 3.05) is 13.2 Å². The number of carbonyl (C=O) groups is 2. The van der Waals surface area contributed by atoms with E-state index in [0.29, 0.717) is 19.4 Å². The standard InChI is InChI=1S/C70H131NO5/c1-3-5-7-9-11-13-15-17-18-19-20-30-33-36-39-42-46-50-54-58-62-68(73)67(66-72)71-69(74)63-59-55-51-47-43-40-37-34-31-28-26-24-22-21-23-25-27-29-32-35-38-41-45-49-53-57-61-65-76-70(75)64-60-56-52-48-44-16-14-12-10-8-6-4-2/h12,14,21-22,25,27,58,62,67-68,72-73H,3-11,13,15-20,23-24,26,28-57,59-61,63-66H2,1-2H3,(H,71,74)/b14-12-,22-21-,27-25-,62-58+. The Balaban J connectivity index is 3.46. The van der Waals surface area contributed by atoms with Crippen molar-refractivity contribution < 1.29 is 24.5 Å². The fraction of sp³-hybridized carbons (Fsp3) is 0.857. The van der Waals surface area contributed by atoms with Gasteiger partial charge in [0.05, 0.1) is 25.4 Å². The molecule has 2 atom stereocenters. The molecule has 0 heterocycles. The van der Waals surface area contributed by atoms with Crippen molar-refractivity contribution >= 4 is 11.9 Å². The predicted molar refractivity (Wildman–Crippen MR) is 333 cm³/mol. The molecule has 6 heteroatoms. The summed E-state index contributed by atoms with van der Waals surface area (Å²) in [4.78, 5) is 24.5. The van der Waals surface area contributed by atoms with Crippen LogP contribution >= 0.6 is 0 Å². The van der Waals surface area contributed by atoms with Crippen LogP contribution in [-0.2, 0) is 14.3 Å². The summed E-state index contributed by atoms with van der Waals surface area (Å²) < 4.78 is 5.46. The van der Waals surface area contributed by atoms with Crippen molar-refractivity contribution in [2.24, 2.45) is 0 Å². The smallest absolute Gasteiger partial charge is 0.305 e. The topological polar surface area (TPSA) is 95.9 Å². The van der Waals surface area contributed by atoms with Crippen LogP contribution in [0.1, 0.15) is 361 Å². The number of amides is 1. The van der Waals surface area contributed by atoms with Crippen molar-refractivity contribution in [3.63, 3.8) is 0 Å². The van der Waals surface area contributed by atoms with Gasteiger partial charge in [-0.3, -0.25) is 9.59 Å². The summed E-state index contributed by atoms with van der Waals surface area (Å²) in [7, 11) is 0. The van der Waals surface area contributed by atoms with Gasteiger partial charge in [-0.1, -0.05) is 306 Å². The van der Waals surface area contributed by atoms with E-state index in [1.807, 2.05) is 6.08 Å². The van der Waals surface area contributed by atoms with Crippen LogP contribution in [0.25, 0.3) is 0 Å². The molecular weight excluding hydrogens is 935 g/mol. The maximum atomic E-state index is 12.5. The first-order chi connectivity index (χ1) is 37.5. The summed E-state index contributed by atoms with van der Waals surface area (Å²) in [6, 6.07) is -0.632. The molecule has 6 nitrogen and oxygen atoms in total. The number of nitrogens with one attached hydrogen (secondary N) is 1. The van der Waals surface area contributed by atoms with Gasteiger partial charge >= 0.3 is 5.97 Å². The SMILES string of the molecule is CCCCC/C=C\CCCCCCCC(=O)OCCCCCCCCCCC/C=C\C/C=C\CCCCCCCCCCCCCC(=O)NC(CO)C(O)/C=C/CCCCCCCCCCCCCCCCCCCC. The fourth-order valence-electron chi connectivity index (χ4n) is 10.4. The summed E-state index contributed by atoms with van der Waals surface area (Å²) in [5.41, 5.74) is 0. The second-order valence-corrected chi connectivity index (χ2v) is 23.1. The Morgan fingerprint density at radius 3 is 1.04 bits per heavy atom. The maximum Gasteiger partial charge on any atom is 0.305 e. The van der Waals surface area contributed by atoms with Gasteiger partial charge in [-0.25, -0.2) is 0 Å². The number of unbranched alkanes of at least 4 members (excludes halogenated alkanes) is 46. The molecule has 0 aromatic rings. The van der Waals surface area contributed by atoms with Gasteiger partial charge in [0.15, 0.2) is 0 Å². The lowest BCUT2D eigenvalue weighted by Crippen LogP contribution is -2.45. The van der Waals surface area contributed by atoms with E-state index in [4.69, 9.17) is 4.74 Å². The third kappa shape index (κ3) is 61.0. The van der Waals surface area contributed by atoms with Crippen molar-refractivity contribution in [1.29, 1.82) is 0 Å². The Labute approximate surface area is 474 Å². The highest BCUT2D eigenvalue weighted by Gasteiger charge is 2.18. The number of carbonyl (C=O) groups excluding carboxylic acids is 2. The van der Waals surface area contributed by atoms with E-state index in [9.17, 15) is 19.8 Å². The summed E-state index contributed by atoms with van der Waals surface area (Å²) >= 11 is 0. The Bertz CT molecular complexity index is 1270. The van der Waals surface area contributed by atoms with Gasteiger partial charge in [-0.05, 0) is 89.9 Å². The van der Waals surface area contributed by atoms with Crippen molar-refractivity contribution in [3.8, 4) is 0 Å². The van der Waals surface area contributed by atoms with E-state index >= 15 is 0 Å². The lowest BCUT2D eigenvalue weighted by molar-refractivity contribution is -0.143. The van der Waals surface area contributed by atoms with Crippen LogP contribution < -0.4 is 5.32 Å². The van der Waals surface area contributed by atoms with E-state index in [0.717, 1.165) is 51.4 Å². The van der Waals surface area contributed by atoms with Gasteiger partial charge in [-0.2, -0.15) is 0 Å². The normalized spacial score (nSPS) is 12.8. The molecule has 0 aromatic carbocycles. The first-order valence-corrected chi connectivity index (χ1v) is 33.9. The van der Waals surface area contributed by atoms with E-state index in [-0.39, 0.29) is 18.5 Å². The number of allylic oxidation sites excluding steroid dienone is 7.